The van der Waals surface area contributed by atoms with Crippen LogP contribution in [-0.2, 0) is 9.84 Å². The Labute approximate surface area is 181 Å². The highest BCUT2D eigenvalue weighted by Crippen LogP contribution is 2.28. The number of nitrogens with zero attached hydrogens (tertiary/aromatic N) is 1. The van der Waals surface area contributed by atoms with Crippen molar-refractivity contribution in [3.63, 3.8) is 0 Å². The summed E-state index contributed by atoms with van der Waals surface area (Å²) in [5.41, 5.74) is 0.694. The lowest BCUT2D eigenvalue weighted by Gasteiger charge is -2.05. The SMILES string of the molecule is O=C(NC(=O)c1ccccc1Cl)Nc1nc2ccc(S(=O)(=O)CCCCl)cc2s1. The fourth-order valence-electron chi connectivity index (χ4n) is 2.46. The zero-order valence-electron chi connectivity index (χ0n) is 14.8. The van der Waals surface area contributed by atoms with Crippen molar-refractivity contribution >= 4 is 71.7 Å². The van der Waals surface area contributed by atoms with Gasteiger partial charge in [-0.15, -0.1) is 11.6 Å². The van der Waals surface area contributed by atoms with E-state index in [1.165, 1.54) is 18.2 Å². The van der Waals surface area contributed by atoms with E-state index in [2.05, 4.69) is 15.6 Å². The van der Waals surface area contributed by atoms with Crippen molar-refractivity contribution in [3.05, 3.63) is 53.1 Å². The molecule has 3 aromatic rings. The van der Waals surface area contributed by atoms with E-state index >= 15 is 0 Å². The molecule has 0 saturated carbocycles. The lowest BCUT2D eigenvalue weighted by atomic mass is 10.2. The van der Waals surface area contributed by atoms with E-state index in [-0.39, 0.29) is 32.2 Å². The summed E-state index contributed by atoms with van der Waals surface area (Å²) >= 11 is 12.6. The Morgan fingerprint density at radius 1 is 1.14 bits per heavy atom. The number of nitrogens with one attached hydrogen (secondary N) is 2. The molecule has 0 atom stereocenters. The van der Waals surface area contributed by atoms with Crippen molar-refractivity contribution in [2.45, 2.75) is 11.3 Å². The van der Waals surface area contributed by atoms with Gasteiger partial charge in [0.25, 0.3) is 5.91 Å². The maximum absolute atomic E-state index is 12.3. The minimum absolute atomic E-state index is 0.0432. The van der Waals surface area contributed by atoms with E-state index in [9.17, 15) is 18.0 Å². The Kier molecular flexibility index (Phi) is 6.74. The summed E-state index contributed by atoms with van der Waals surface area (Å²) in [5.74, 6) is -0.432. The predicted octanol–water partition coefficient (Wildman–Crippen LogP) is 4.31. The quantitative estimate of drug-likeness (QED) is 0.520. The number of amides is 3. The van der Waals surface area contributed by atoms with Crippen LogP contribution in [0.3, 0.4) is 0 Å². The molecule has 0 spiro atoms. The van der Waals surface area contributed by atoms with Crippen molar-refractivity contribution < 1.29 is 18.0 Å². The number of alkyl halides is 1. The minimum atomic E-state index is -3.44. The second-order valence-electron chi connectivity index (χ2n) is 5.90. The molecule has 0 aliphatic heterocycles. The first-order valence-electron chi connectivity index (χ1n) is 8.36. The number of benzene rings is 2. The first-order chi connectivity index (χ1) is 13.8. The molecule has 0 saturated heterocycles. The molecule has 0 fully saturated rings. The molecule has 2 N–H and O–H groups in total. The van der Waals surface area contributed by atoms with Crippen LogP contribution in [0.4, 0.5) is 9.93 Å². The van der Waals surface area contributed by atoms with Crippen LogP contribution >= 0.6 is 34.5 Å². The summed E-state index contributed by atoms with van der Waals surface area (Å²) < 4.78 is 25.2. The standard InChI is InChI=1S/C18H15Cl2N3O4S2/c19-8-3-9-29(26,27)11-6-7-14-15(10-11)28-18(21-14)23-17(25)22-16(24)12-4-1-2-5-13(12)20/h1-2,4-7,10H,3,8-9H2,(H2,21,22,23,24,25). The highest BCUT2D eigenvalue weighted by atomic mass is 35.5. The number of thiazole rings is 1. The smallest absolute Gasteiger partial charge is 0.283 e. The average molecular weight is 472 g/mol. The molecular formula is C18H15Cl2N3O4S2. The fourth-order valence-corrected chi connectivity index (χ4v) is 5.28. The number of carbonyl (C=O) groups excluding carboxylic acids is 2. The monoisotopic (exact) mass is 471 g/mol. The Balaban J connectivity index is 1.73. The Bertz CT molecular complexity index is 1180. The van der Waals surface area contributed by atoms with Crippen molar-refractivity contribution in [1.82, 2.24) is 10.3 Å². The van der Waals surface area contributed by atoms with E-state index in [1.54, 1.807) is 24.3 Å². The molecule has 7 nitrogen and oxygen atoms in total. The van der Waals surface area contributed by atoms with Crippen LogP contribution in [0.25, 0.3) is 10.2 Å². The van der Waals surface area contributed by atoms with Gasteiger partial charge in [-0.05, 0) is 36.8 Å². The number of urea groups is 1. The first-order valence-corrected chi connectivity index (χ1v) is 11.7. The van der Waals surface area contributed by atoms with Crippen molar-refractivity contribution in [3.8, 4) is 0 Å². The minimum Gasteiger partial charge on any atom is -0.283 e. The van der Waals surface area contributed by atoms with Crippen LogP contribution in [0, 0.1) is 0 Å². The molecule has 1 aromatic heterocycles. The van der Waals surface area contributed by atoms with Gasteiger partial charge in [-0.2, -0.15) is 0 Å². The summed E-state index contributed by atoms with van der Waals surface area (Å²) in [4.78, 5) is 28.6. The highest BCUT2D eigenvalue weighted by Gasteiger charge is 2.17. The molecule has 2 aromatic carbocycles. The highest BCUT2D eigenvalue weighted by molar-refractivity contribution is 7.91. The summed E-state index contributed by atoms with van der Waals surface area (Å²) in [6.45, 7) is 0. The van der Waals surface area contributed by atoms with E-state index in [0.29, 0.717) is 16.6 Å². The van der Waals surface area contributed by atoms with Gasteiger partial charge >= 0.3 is 6.03 Å². The number of halogens is 2. The van der Waals surface area contributed by atoms with Gasteiger partial charge < -0.3 is 0 Å². The average Bonchev–Trinajstić information content (AvgIpc) is 3.07. The second-order valence-corrected chi connectivity index (χ2v) is 9.82. The lowest BCUT2D eigenvalue weighted by Crippen LogP contribution is -2.34. The zero-order valence-corrected chi connectivity index (χ0v) is 18.0. The van der Waals surface area contributed by atoms with Gasteiger partial charge in [0.05, 0.1) is 31.5 Å². The molecule has 0 bridgehead atoms. The molecule has 3 rings (SSSR count). The van der Waals surface area contributed by atoms with E-state index in [0.717, 1.165) is 11.3 Å². The first kappa shape index (κ1) is 21.5. The molecular weight excluding hydrogens is 457 g/mol. The van der Waals surface area contributed by atoms with Crippen LogP contribution < -0.4 is 10.6 Å². The van der Waals surface area contributed by atoms with Crippen molar-refractivity contribution in [1.29, 1.82) is 0 Å². The summed E-state index contributed by atoms with van der Waals surface area (Å²) in [6.07, 6.45) is 0.358. The Morgan fingerprint density at radius 2 is 1.90 bits per heavy atom. The van der Waals surface area contributed by atoms with E-state index < -0.39 is 21.8 Å². The van der Waals surface area contributed by atoms with Crippen LogP contribution in [0.15, 0.2) is 47.4 Å². The molecule has 0 aliphatic rings. The third-order valence-electron chi connectivity index (χ3n) is 3.83. The number of hydrogen-bond donors (Lipinski definition) is 2. The Morgan fingerprint density at radius 3 is 2.62 bits per heavy atom. The van der Waals surface area contributed by atoms with Gasteiger partial charge in [0, 0.05) is 5.88 Å². The molecule has 3 amide bonds. The largest absolute Gasteiger partial charge is 0.327 e. The van der Waals surface area contributed by atoms with Gasteiger partial charge in [-0.3, -0.25) is 15.4 Å². The number of fused-ring (bicyclic) bond motifs is 1. The van der Waals surface area contributed by atoms with Crippen LogP contribution in [0.2, 0.25) is 5.02 Å². The molecule has 0 radical (unpaired) electrons. The van der Waals surface area contributed by atoms with Crippen molar-refractivity contribution in [2.24, 2.45) is 0 Å². The topological polar surface area (TPSA) is 105 Å². The molecule has 0 aliphatic carbocycles. The number of hydrogen-bond acceptors (Lipinski definition) is 6. The number of imide groups is 1. The molecule has 152 valence electrons. The van der Waals surface area contributed by atoms with Gasteiger partial charge in [0.15, 0.2) is 15.0 Å². The number of rotatable bonds is 6. The van der Waals surface area contributed by atoms with Crippen LogP contribution in [0.1, 0.15) is 16.8 Å². The lowest BCUT2D eigenvalue weighted by molar-refractivity contribution is 0.0967. The fraction of sp³-hybridized carbons (Fsp3) is 0.167. The van der Waals surface area contributed by atoms with Gasteiger partial charge in [-0.25, -0.2) is 18.2 Å². The number of sulfone groups is 1. The summed E-state index contributed by atoms with van der Waals surface area (Å²) in [5, 5.41) is 5.09. The molecule has 29 heavy (non-hydrogen) atoms. The third kappa shape index (κ3) is 5.24. The van der Waals surface area contributed by atoms with Crippen molar-refractivity contribution in [2.75, 3.05) is 16.9 Å². The van der Waals surface area contributed by atoms with Crippen LogP contribution in [-0.4, -0.2) is 37.0 Å². The van der Waals surface area contributed by atoms with Gasteiger partial charge in [0.1, 0.15) is 0 Å². The third-order valence-corrected chi connectivity index (χ3v) is 7.16. The Hall–Kier alpha value is -2.20. The normalized spacial score (nSPS) is 11.4. The van der Waals surface area contributed by atoms with Crippen LogP contribution in [0.5, 0.6) is 0 Å². The van der Waals surface area contributed by atoms with Gasteiger partial charge in [-0.1, -0.05) is 35.1 Å². The van der Waals surface area contributed by atoms with E-state index in [4.69, 9.17) is 23.2 Å². The summed E-state index contributed by atoms with van der Waals surface area (Å²) in [7, 11) is -3.44. The molecule has 1 heterocycles. The number of carbonyl (C=O) groups is 2. The second kappa shape index (κ2) is 9.08. The zero-order chi connectivity index (χ0) is 21.0. The summed E-state index contributed by atoms with van der Waals surface area (Å²) in [6, 6.07) is 10.1. The maximum Gasteiger partial charge on any atom is 0.327 e. The predicted molar refractivity (Wildman–Crippen MR) is 115 cm³/mol. The number of aromatic nitrogens is 1. The maximum atomic E-state index is 12.3. The van der Waals surface area contributed by atoms with E-state index in [1.807, 2.05) is 0 Å². The van der Waals surface area contributed by atoms with Gasteiger partial charge in [0.2, 0.25) is 0 Å². The molecule has 0 unspecified atom stereocenters. The number of anilines is 1. The molecule has 11 heteroatoms.